The van der Waals surface area contributed by atoms with Gasteiger partial charge >= 0.3 is 0 Å². The molecule has 1 aliphatic rings. The molecule has 0 aromatic carbocycles. The summed E-state index contributed by atoms with van der Waals surface area (Å²) in [4.78, 5) is 0. The van der Waals surface area contributed by atoms with E-state index in [0.717, 1.165) is 26.1 Å². The minimum absolute atomic E-state index is 0.362. The first-order chi connectivity index (χ1) is 6.12. The van der Waals surface area contributed by atoms with E-state index in [2.05, 4.69) is 31.1 Å². The summed E-state index contributed by atoms with van der Waals surface area (Å²) < 4.78 is 0. The van der Waals surface area contributed by atoms with Crippen molar-refractivity contribution in [3.8, 4) is 0 Å². The molecule has 2 nitrogen and oxygen atoms in total. The molecule has 0 saturated carbocycles. The fraction of sp³-hybridized carbons (Fsp3) is 0.818. The van der Waals surface area contributed by atoms with Crippen LogP contribution in [0.15, 0.2) is 12.2 Å². The van der Waals surface area contributed by atoms with Gasteiger partial charge in [-0.1, -0.05) is 5.57 Å². The van der Waals surface area contributed by atoms with E-state index in [0.29, 0.717) is 5.54 Å². The Morgan fingerprint density at radius 3 is 2.62 bits per heavy atom. The highest BCUT2D eigenvalue weighted by atomic mass is 15.0. The molecule has 1 aliphatic heterocycles. The average Bonchev–Trinajstić information content (AvgIpc) is 2.04. The van der Waals surface area contributed by atoms with Crippen molar-refractivity contribution in [3.05, 3.63) is 12.2 Å². The summed E-state index contributed by atoms with van der Waals surface area (Å²) in [5, 5.41) is 7.01. The van der Waals surface area contributed by atoms with Crippen LogP contribution in [0, 0.1) is 0 Å². The van der Waals surface area contributed by atoms with Gasteiger partial charge in [-0.2, -0.15) is 0 Å². The van der Waals surface area contributed by atoms with E-state index in [1.54, 1.807) is 0 Å². The van der Waals surface area contributed by atoms with Crippen LogP contribution in [0.4, 0.5) is 0 Å². The summed E-state index contributed by atoms with van der Waals surface area (Å²) in [5.74, 6) is 0. The highest BCUT2D eigenvalue weighted by molar-refractivity contribution is 4.92. The van der Waals surface area contributed by atoms with Gasteiger partial charge in [0.15, 0.2) is 0 Å². The van der Waals surface area contributed by atoms with Crippen molar-refractivity contribution < 1.29 is 0 Å². The van der Waals surface area contributed by atoms with Crippen LogP contribution in [0.25, 0.3) is 0 Å². The molecule has 1 heterocycles. The molecule has 1 rings (SSSR count). The third-order valence-corrected chi connectivity index (χ3v) is 2.81. The van der Waals surface area contributed by atoms with Gasteiger partial charge in [0.2, 0.25) is 0 Å². The van der Waals surface area contributed by atoms with Gasteiger partial charge in [0, 0.05) is 5.54 Å². The Balaban J connectivity index is 2.21. The van der Waals surface area contributed by atoms with Crippen LogP contribution < -0.4 is 10.6 Å². The molecule has 76 valence electrons. The summed E-state index contributed by atoms with van der Waals surface area (Å²) >= 11 is 0. The third-order valence-electron chi connectivity index (χ3n) is 2.81. The van der Waals surface area contributed by atoms with Crippen LogP contribution in [-0.4, -0.2) is 25.2 Å². The Kier molecular flexibility index (Phi) is 3.94. The molecular formula is C11H22N2. The van der Waals surface area contributed by atoms with E-state index in [1.165, 1.54) is 18.4 Å². The van der Waals surface area contributed by atoms with Crippen LogP contribution in [-0.2, 0) is 0 Å². The van der Waals surface area contributed by atoms with Crippen LogP contribution in [0.3, 0.4) is 0 Å². The third kappa shape index (κ3) is 3.92. The number of piperidine rings is 1. The summed E-state index contributed by atoms with van der Waals surface area (Å²) in [6.45, 7) is 11.7. The molecule has 0 atom stereocenters. The molecule has 13 heavy (non-hydrogen) atoms. The number of rotatable bonds is 4. The van der Waals surface area contributed by atoms with Gasteiger partial charge < -0.3 is 10.6 Å². The molecule has 0 radical (unpaired) electrons. The van der Waals surface area contributed by atoms with Crippen LogP contribution in [0.2, 0.25) is 0 Å². The SMILES string of the molecule is C=C(C)CCNC1(C)CCNCC1. The molecule has 0 aromatic rings. The second-order valence-corrected chi connectivity index (χ2v) is 4.44. The Bertz CT molecular complexity index is 169. The Hall–Kier alpha value is -0.340. The molecule has 0 aliphatic carbocycles. The van der Waals surface area contributed by atoms with E-state index in [-0.39, 0.29) is 0 Å². The van der Waals surface area contributed by atoms with Crippen molar-refractivity contribution >= 4 is 0 Å². The van der Waals surface area contributed by atoms with Crippen molar-refractivity contribution in [2.24, 2.45) is 0 Å². The Labute approximate surface area is 81.8 Å². The summed E-state index contributed by atoms with van der Waals surface area (Å²) in [7, 11) is 0. The molecule has 1 saturated heterocycles. The zero-order valence-corrected chi connectivity index (χ0v) is 8.95. The topological polar surface area (TPSA) is 24.1 Å². The van der Waals surface area contributed by atoms with Crippen LogP contribution in [0.5, 0.6) is 0 Å². The lowest BCUT2D eigenvalue weighted by Gasteiger charge is -2.35. The second-order valence-electron chi connectivity index (χ2n) is 4.44. The number of hydrogen-bond acceptors (Lipinski definition) is 2. The summed E-state index contributed by atoms with van der Waals surface area (Å²) in [5.41, 5.74) is 1.63. The molecule has 0 bridgehead atoms. The zero-order chi connectivity index (χ0) is 9.73. The molecule has 1 fully saturated rings. The highest BCUT2D eigenvalue weighted by Gasteiger charge is 2.25. The number of hydrogen-bond donors (Lipinski definition) is 2. The van der Waals surface area contributed by atoms with E-state index >= 15 is 0 Å². The van der Waals surface area contributed by atoms with Gasteiger partial charge in [-0.15, -0.1) is 6.58 Å². The first-order valence-electron chi connectivity index (χ1n) is 5.22. The van der Waals surface area contributed by atoms with Gasteiger partial charge in [0.05, 0.1) is 0 Å². The highest BCUT2D eigenvalue weighted by Crippen LogP contribution is 2.16. The monoisotopic (exact) mass is 182 g/mol. The van der Waals surface area contributed by atoms with E-state index in [4.69, 9.17) is 0 Å². The zero-order valence-electron chi connectivity index (χ0n) is 8.95. The lowest BCUT2D eigenvalue weighted by Crippen LogP contribution is -2.50. The lowest BCUT2D eigenvalue weighted by atomic mass is 9.90. The first-order valence-corrected chi connectivity index (χ1v) is 5.22. The minimum Gasteiger partial charge on any atom is -0.317 e. The van der Waals surface area contributed by atoms with E-state index in [1.807, 2.05) is 0 Å². The molecule has 2 N–H and O–H groups in total. The maximum Gasteiger partial charge on any atom is 0.0177 e. The van der Waals surface area contributed by atoms with Gasteiger partial charge in [-0.25, -0.2) is 0 Å². The summed E-state index contributed by atoms with van der Waals surface area (Å²) in [6, 6.07) is 0. The largest absolute Gasteiger partial charge is 0.317 e. The lowest BCUT2D eigenvalue weighted by molar-refractivity contribution is 0.268. The van der Waals surface area contributed by atoms with Crippen LogP contribution >= 0.6 is 0 Å². The predicted octanol–water partition coefficient (Wildman–Crippen LogP) is 1.68. The predicted molar refractivity (Wildman–Crippen MR) is 57.9 cm³/mol. The maximum absolute atomic E-state index is 3.91. The normalized spacial score (nSPS) is 21.4. The van der Waals surface area contributed by atoms with Gasteiger partial charge in [-0.3, -0.25) is 0 Å². The first kappa shape index (κ1) is 10.7. The van der Waals surface area contributed by atoms with E-state index in [9.17, 15) is 0 Å². The van der Waals surface area contributed by atoms with Crippen LogP contribution in [0.1, 0.15) is 33.1 Å². The van der Waals surface area contributed by atoms with Crippen molar-refractivity contribution in [2.75, 3.05) is 19.6 Å². The molecule has 0 unspecified atom stereocenters. The average molecular weight is 182 g/mol. The summed E-state index contributed by atoms with van der Waals surface area (Å²) in [6.07, 6.45) is 3.58. The Morgan fingerprint density at radius 2 is 2.08 bits per heavy atom. The van der Waals surface area contributed by atoms with Gasteiger partial charge in [-0.05, 0) is 52.7 Å². The quantitative estimate of drug-likeness (QED) is 0.646. The number of nitrogens with one attached hydrogen (secondary N) is 2. The molecule has 0 amide bonds. The van der Waals surface area contributed by atoms with Gasteiger partial charge in [0.25, 0.3) is 0 Å². The van der Waals surface area contributed by atoms with Crippen molar-refractivity contribution in [3.63, 3.8) is 0 Å². The molecule has 0 spiro atoms. The smallest absolute Gasteiger partial charge is 0.0177 e. The van der Waals surface area contributed by atoms with Crippen molar-refractivity contribution in [1.82, 2.24) is 10.6 Å². The standard InChI is InChI=1S/C11H22N2/c1-10(2)4-7-13-11(3)5-8-12-9-6-11/h12-13H,1,4-9H2,2-3H3. The minimum atomic E-state index is 0.362. The molecule has 0 aromatic heterocycles. The van der Waals surface area contributed by atoms with Crippen molar-refractivity contribution in [2.45, 2.75) is 38.6 Å². The second kappa shape index (κ2) is 4.77. The van der Waals surface area contributed by atoms with E-state index < -0.39 is 0 Å². The maximum atomic E-state index is 3.91. The molecule has 2 heteroatoms. The Morgan fingerprint density at radius 1 is 1.46 bits per heavy atom. The van der Waals surface area contributed by atoms with Gasteiger partial charge in [0.1, 0.15) is 0 Å². The molecular weight excluding hydrogens is 160 g/mol. The fourth-order valence-corrected chi connectivity index (χ4v) is 1.73. The fourth-order valence-electron chi connectivity index (χ4n) is 1.73. The van der Waals surface area contributed by atoms with Crippen molar-refractivity contribution in [1.29, 1.82) is 0 Å².